The molecule has 1 aromatic heterocycles. The van der Waals surface area contributed by atoms with Crippen LogP contribution in [-0.2, 0) is 6.42 Å². The van der Waals surface area contributed by atoms with Crippen LogP contribution in [0.25, 0.3) is 0 Å². The zero-order chi connectivity index (χ0) is 10.3. The first-order valence-corrected chi connectivity index (χ1v) is 7.07. The maximum atomic E-state index is 6.33. The van der Waals surface area contributed by atoms with Crippen LogP contribution in [0.1, 0.15) is 31.2 Å². The van der Waals surface area contributed by atoms with Crippen molar-refractivity contribution in [2.75, 3.05) is 0 Å². The molecule has 2 N–H and O–H groups in total. The van der Waals surface area contributed by atoms with Crippen LogP contribution in [0, 0.1) is 17.8 Å². The molecule has 2 aliphatic carbocycles. The summed E-state index contributed by atoms with van der Waals surface area (Å²) in [6.45, 7) is 0. The van der Waals surface area contributed by atoms with Gasteiger partial charge in [-0.1, -0.05) is 12.8 Å². The Morgan fingerprint density at radius 3 is 2.67 bits per heavy atom. The molecule has 0 aromatic carbocycles. The predicted octanol–water partition coefficient (Wildman–Crippen LogP) is 3.05. The summed E-state index contributed by atoms with van der Waals surface area (Å²) in [4.78, 5) is 0. The molecular formula is C13H19NS. The zero-order valence-electron chi connectivity index (χ0n) is 9.06. The molecule has 0 spiro atoms. The van der Waals surface area contributed by atoms with Gasteiger partial charge in [0.25, 0.3) is 0 Å². The van der Waals surface area contributed by atoms with Crippen molar-refractivity contribution < 1.29 is 0 Å². The van der Waals surface area contributed by atoms with Gasteiger partial charge in [-0.15, -0.1) is 0 Å². The predicted molar refractivity (Wildman–Crippen MR) is 64.9 cm³/mol. The Morgan fingerprint density at radius 2 is 2.07 bits per heavy atom. The molecule has 15 heavy (non-hydrogen) atoms. The minimum absolute atomic E-state index is 0.424. The summed E-state index contributed by atoms with van der Waals surface area (Å²) in [5, 5.41) is 4.40. The lowest BCUT2D eigenvalue weighted by atomic mass is 10.0. The Balaban J connectivity index is 1.59. The molecular weight excluding hydrogens is 202 g/mol. The molecule has 82 valence electrons. The molecule has 1 nitrogen and oxygen atoms in total. The first kappa shape index (κ1) is 9.86. The highest BCUT2D eigenvalue weighted by atomic mass is 32.1. The van der Waals surface area contributed by atoms with E-state index in [-0.39, 0.29) is 0 Å². The SMILES string of the molecule is NC(Cc1ccsc1)C1C2CCCCC21. The van der Waals surface area contributed by atoms with Crippen molar-refractivity contribution in [3.63, 3.8) is 0 Å². The topological polar surface area (TPSA) is 26.0 Å². The van der Waals surface area contributed by atoms with E-state index in [0.717, 1.165) is 24.2 Å². The van der Waals surface area contributed by atoms with Crippen molar-refractivity contribution in [2.24, 2.45) is 23.5 Å². The number of nitrogens with two attached hydrogens (primary N) is 1. The third kappa shape index (κ3) is 1.85. The molecule has 0 aliphatic heterocycles. The molecule has 1 aromatic rings. The highest BCUT2D eigenvalue weighted by Crippen LogP contribution is 2.56. The minimum atomic E-state index is 0.424. The smallest absolute Gasteiger partial charge is 0.0114 e. The Hall–Kier alpha value is -0.340. The highest BCUT2D eigenvalue weighted by Gasteiger charge is 2.52. The largest absolute Gasteiger partial charge is 0.327 e. The third-order valence-corrected chi connectivity index (χ3v) is 5.00. The summed E-state index contributed by atoms with van der Waals surface area (Å²) in [7, 11) is 0. The molecule has 3 rings (SSSR count). The van der Waals surface area contributed by atoms with Gasteiger partial charge in [0, 0.05) is 6.04 Å². The summed E-state index contributed by atoms with van der Waals surface area (Å²) in [6, 6.07) is 2.64. The second-order valence-electron chi connectivity index (χ2n) is 5.19. The minimum Gasteiger partial charge on any atom is -0.327 e. The van der Waals surface area contributed by atoms with Gasteiger partial charge in [-0.3, -0.25) is 0 Å². The van der Waals surface area contributed by atoms with E-state index >= 15 is 0 Å². The van der Waals surface area contributed by atoms with Gasteiger partial charge >= 0.3 is 0 Å². The van der Waals surface area contributed by atoms with Crippen LogP contribution >= 0.6 is 11.3 Å². The molecule has 3 unspecified atom stereocenters. The fourth-order valence-electron chi connectivity index (χ4n) is 3.50. The lowest BCUT2D eigenvalue weighted by Crippen LogP contribution is -2.26. The van der Waals surface area contributed by atoms with Crippen LogP contribution in [-0.4, -0.2) is 6.04 Å². The lowest BCUT2D eigenvalue weighted by molar-refractivity contribution is 0.480. The van der Waals surface area contributed by atoms with Crippen LogP contribution < -0.4 is 5.73 Å². The molecule has 0 saturated heterocycles. The molecule has 0 radical (unpaired) electrons. The normalized spacial score (nSPS) is 35.9. The Morgan fingerprint density at radius 1 is 1.33 bits per heavy atom. The number of rotatable bonds is 3. The Bertz CT molecular complexity index is 307. The van der Waals surface area contributed by atoms with E-state index in [1.807, 2.05) is 0 Å². The molecule has 0 bridgehead atoms. The number of thiophene rings is 1. The summed E-state index contributed by atoms with van der Waals surface area (Å²) in [5.74, 6) is 2.84. The van der Waals surface area contributed by atoms with Gasteiger partial charge in [0.2, 0.25) is 0 Å². The first-order valence-electron chi connectivity index (χ1n) is 6.13. The van der Waals surface area contributed by atoms with Gasteiger partial charge in [-0.25, -0.2) is 0 Å². The van der Waals surface area contributed by atoms with E-state index in [4.69, 9.17) is 5.73 Å². The lowest BCUT2D eigenvalue weighted by Gasteiger charge is -2.09. The van der Waals surface area contributed by atoms with Gasteiger partial charge in [0.05, 0.1) is 0 Å². The summed E-state index contributed by atoms with van der Waals surface area (Å²) in [5.41, 5.74) is 7.78. The maximum absolute atomic E-state index is 6.33. The van der Waals surface area contributed by atoms with E-state index in [2.05, 4.69) is 16.8 Å². The molecule has 2 fully saturated rings. The number of hydrogen-bond donors (Lipinski definition) is 1. The number of fused-ring (bicyclic) bond motifs is 1. The van der Waals surface area contributed by atoms with E-state index in [0.29, 0.717) is 6.04 Å². The average molecular weight is 221 g/mol. The summed E-state index contributed by atoms with van der Waals surface area (Å²) < 4.78 is 0. The van der Waals surface area contributed by atoms with Gasteiger partial charge in [-0.05, 0) is 59.4 Å². The Labute approximate surface area is 95.7 Å². The van der Waals surface area contributed by atoms with Crippen molar-refractivity contribution in [1.29, 1.82) is 0 Å². The molecule has 1 heterocycles. The van der Waals surface area contributed by atoms with Crippen molar-refractivity contribution >= 4 is 11.3 Å². The highest BCUT2D eigenvalue weighted by molar-refractivity contribution is 7.07. The Kier molecular flexibility index (Phi) is 2.57. The third-order valence-electron chi connectivity index (χ3n) is 4.27. The fraction of sp³-hybridized carbons (Fsp3) is 0.692. The van der Waals surface area contributed by atoms with E-state index in [9.17, 15) is 0 Å². The monoisotopic (exact) mass is 221 g/mol. The second-order valence-corrected chi connectivity index (χ2v) is 5.97. The van der Waals surface area contributed by atoms with E-state index in [1.165, 1.54) is 31.2 Å². The van der Waals surface area contributed by atoms with Gasteiger partial charge < -0.3 is 5.73 Å². The van der Waals surface area contributed by atoms with Crippen LogP contribution in [0.4, 0.5) is 0 Å². The van der Waals surface area contributed by atoms with Gasteiger partial charge in [0.1, 0.15) is 0 Å². The van der Waals surface area contributed by atoms with E-state index < -0.39 is 0 Å². The summed E-state index contributed by atoms with van der Waals surface area (Å²) in [6.07, 6.45) is 6.90. The van der Waals surface area contributed by atoms with Crippen molar-refractivity contribution in [2.45, 2.75) is 38.1 Å². The molecule has 2 heteroatoms. The quantitative estimate of drug-likeness (QED) is 0.834. The fourth-order valence-corrected chi connectivity index (χ4v) is 4.18. The molecule has 2 saturated carbocycles. The van der Waals surface area contributed by atoms with Crippen molar-refractivity contribution in [3.8, 4) is 0 Å². The molecule has 2 aliphatic rings. The van der Waals surface area contributed by atoms with Crippen LogP contribution in [0.15, 0.2) is 16.8 Å². The summed E-state index contributed by atoms with van der Waals surface area (Å²) >= 11 is 1.78. The molecule has 3 atom stereocenters. The molecule has 0 amide bonds. The van der Waals surface area contributed by atoms with E-state index in [1.54, 1.807) is 11.3 Å². The van der Waals surface area contributed by atoms with Crippen LogP contribution in [0.3, 0.4) is 0 Å². The van der Waals surface area contributed by atoms with Gasteiger partial charge in [-0.2, -0.15) is 11.3 Å². The average Bonchev–Trinajstić information content (AvgIpc) is 2.77. The van der Waals surface area contributed by atoms with Crippen LogP contribution in [0.5, 0.6) is 0 Å². The van der Waals surface area contributed by atoms with Crippen LogP contribution in [0.2, 0.25) is 0 Å². The first-order chi connectivity index (χ1) is 7.36. The standard InChI is InChI=1S/C13H19NS/c14-12(7-9-5-6-15-8-9)13-10-3-1-2-4-11(10)13/h5-6,8,10-13H,1-4,7,14H2. The zero-order valence-corrected chi connectivity index (χ0v) is 9.88. The second kappa shape index (κ2) is 3.91. The van der Waals surface area contributed by atoms with Crippen molar-refractivity contribution in [1.82, 2.24) is 0 Å². The number of hydrogen-bond acceptors (Lipinski definition) is 2. The maximum Gasteiger partial charge on any atom is 0.0114 e. The van der Waals surface area contributed by atoms with Crippen molar-refractivity contribution in [3.05, 3.63) is 22.4 Å². The van der Waals surface area contributed by atoms with Gasteiger partial charge in [0.15, 0.2) is 0 Å².